The third-order valence-electron chi connectivity index (χ3n) is 4.43. The minimum absolute atomic E-state index is 0.969. The van der Waals surface area contributed by atoms with Crippen molar-refractivity contribution in [2.45, 2.75) is 46.1 Å². The molecule has 116 valence electrons. The number of benzene rings is 1. The first-order valence-electron chi connectivity index (χ1n) is 8.22. The van der Waals surface area contributed by atoms with E-state index in [9.17, 15) is 0 Å². The van der Waals surface area contributed by atoms with Crippen molar-refractivity contribution in [3.05, 3.63) is 57.3 Å². The summed E-state index contributed by atoms with van der Waals surface area (Å²) in [5.41, 5.74) is 6.69. The molecule has 0 fully saturated rings. The molecular formula is C19H23BrN2. The number of halogens is 1. The molecule has 0 spiro atoms. The maximum absolute atomic E-state index is 4.96. The number of aryl methyl sites for hydroxylation is 3. The van der Waals surface area contributed by atoms with Gasteiger partial charge in [-0.1, -0.05) is 41.9 Å². The number of hydrogen-bond donors (Lipinski definition) is 0. The summed E-state index contributed by atoms with van der Waals surface area (Å²) in [7, 11) is 0. The smallest absolute Gasteiger partial charge is 0.0641 e. The number of pyridine rings is 1. The van der Waals surface area contributed by atoms with Gasteiger partial charge in [0, 0.05) is 23.3 Å². The van der Waals surface area contributed by atoms with Crippen molar-refractivity contribution < 1.29 is 0 Å². The summed E-state index contributed by atoms with van der Waals surface area (Å²) in [5, 5.41) is 0. The molecule has 3 heteroatoms. The second kappa shape index (κ2) is 6.82. The summed E-state index contributed by atoms with van der Waals surface area (Å²) in [6.07, 6.45) is 4.41. The van der Waals surface area contributed by atoms with Gasteiger partial charge in [0.15, 0.2) is 0 Å². The monoisotopic (exact) mass is 358 g/mol. The number of aromatic nitrogens is 1. The molecule has 2 heterocycles. The third-order valence-corrected chi connectivity index (χ3v) is 4.96. The SMILES string of the molecule is CCc1cc2c(nc1CC)CCCN2Cc1ccc(Br)cc1. The van der Waals surface area contributed by atoms with Gasteiger partial charge in [-0.2, -0.15) is 0 Å². The molecule has 0 radical (unpaired) electrons. The van der Waals surface area contributed by atoms with Crippen molar-refractivity contribution in [1.82, 2.24) is 4.98 Å². The van der Waals surface area contributed by atoms with Crippen molar-refractivity contribution in [2.75, 3.05) is 11.4 Å². The topological polar surface area (TPSA) is 16.1 Å². The lowest BCUT2D eigenvalue weighted by molar-refractivity contribution is 0.671. The Morgan fingerprint density at radius 2 is 1.91 bits per heavy atom. The number of anilines is 1. The highest BCUT2D eigenvalue weighted by Crippen LogP contribution is 2.30. The first-order valence-corrected chi connectivity index (χ1v) is 9.01. The maximum atomic E-state index is 4.96. The van der Waals surface area contributed by atoms with Crippen LogP contribution in [0.2, 0.25) is 0 Å². The second-order valence-corrected chi connectivity index (χ2v) is 6.83. The Bertz CT molecular complexity index is 649. The van der Waals surface area contributed by atoms with Gasteiger partial charge >= 0.3 is 0 Å². The van der Waals surface area contributed by atoms with E-state index in [1.807, 2.05) is 0 Å². The number of nitrogens with zero attached hydrogens (tertiary/aromatic N) is 2. The predicted octanol–water partition coefficient (Wildman–Crippen LogP) is 4.92. The highest BCUT2D eigenvalue weighted by atomic mass is 79.9. The Hall–Kier alpha value is -1.35. The molecule has 0 saturated heterocycles. The lowest BCUT2D eigenvalue weighted by Gasteiger charge is -2.32. The highest BCUT2D eigenvalue weighted by molar-refractivity contribution is 9.10. The largest absolute Gasteiger partial charge is 0.366 e. The van der Waals surface area contributed by atoms with E-state index in [1.165, 1.54) is 34.6 Å². The molecular weight excluding hydrogens is 336 g/mol. The normalized spacial score (nSPS) is 14.0. The van der Waals surface area contributed by atoms with Gasteiger partial charge in [0.05, 0.1) is 11.4 Å². The zero-order chi connectivity index (χ0) is 15.5. The fourth-order valence-electron chi connectivity index (χ4n) is 3.23. The highest BCUT2D eigenvalue weighted by Gasteiger charge is 2.20. The van der Waals surface area contributed by atoms with E-state index in [0.717, 1.165) is 36.8 Å². The maximum Gasteiger partial charge on any atom is 0.0641 e. The van der Waals surface area contributed by atoms with Crippen LogP contribution in [-0.4, -0.2) is 11.5 Å². The van der Waals surface area contributed by atoms with Gasteiger partial charge in [-0.05, 0) is 55.0 Å². The molecule has 1 aliphatic rings. The Balaban J connectivity index is 1.91. The van der Waals surface area contributed by atoms with Crippen LogP contribution in [0.3, 0.4) is 0 Å². The van der Waals surface area contributed by atoms with Crippen LogP contribution in [0.5, 0.6) is 0 Å². The van der Waals surface area contributed by atoms with E-state index in [-0.39, 0.29) is 0 Å². The molecule has 3 rings (SSSR count). The van der Waals surface area contributed by atoms with Crippen LogP contribution >= 0.6 is 15.9 Å². The Labute approximate surface area is 141 Å². The Kier molecular flexibility index (Phi) is 4.82. The van der Waals surface area contributed by atoms with Crippen LogP contribution in [-0.2, 0) is 25.8 Å². The lowest BCUT2D eigenvalue weighted by Crippen LogP contribution is -2.30. The average molecular weight is 359 g/mol. The molecule has 2 nitrogen and oxygen atoms in total. The Morgan fingerprint density at radius 3 is 2.59 bits per heavy atom. The molecule has 0 N–H and O–H groups in total. The van der Waals surface area contributed by atoms with Crippen molar-refractivity contribution >= 4 is 21.6 Å². The molecule has 0 amide bonds. The van der Waals surface area contributed by atoms with Crippen LogP contribution in [0.4, 0.5) is 5.69 Å². The first kappa shape index (κ1) is 15.5. The number of hydrogen-bond acceptors (Lipinski definition) is 2. The predicted molar refractivity (Wildman–Crippen MR) is 96.5 cm³/mol. The van der Waals surface area contributed by atoms with Crippen LogP contribution in [0, 0.1) is 0 Å². The van der Waals surface area contributed by atoms with Crippen molar-refractivity contribution in [3.63, 3.8) is 0 Å². The van der Waals surface area contributed by atoms with Crippen molar-refractivity contribution in [1.29, 1.82) is 0 Å². The number of rotatable bonds is 4. The van der Waals surface area contributed by atoms with E-state index in [0.29, 0.717) is 0 Å². The van der Waals surface area contributed by atoms with E-state index < -0.39 is 0 Å². The lowest BCUT2D eigenvalue weighted by atomic mass is 10.0. The van der Waals surface area contributed by atoms with E-state index in [2.05, 4.69) is 65.0 Å². The molecule has 2 aromatic rings. The van der Waals surface area contributed by atoms with Crippen molar-refractivity contribution in [2.24, 2.45) is 0 Å². The molecule has 0 aliphatic carbocycles. The summed E-state index contributed by atoms with van der Waals surface area (Å²) < 4.78 is 1.14. The third kappa shape index (κ3) is 3.19. The van der Waals surface area contributed by atoms with E-state index >= 15 is 0 Å². The van der Waals surface area contributed by atoms with E-state index in [4.69, 9.17) is 4.98 Å². The molecule has 1 aromatic carbocycles. The summed E-state index contributed by atoms with van der Waals surface area (Å²) in [6, 6.07) is 11.0. The van der Waals surface area contributed by atoms with Gasteiger partial charge in [0.1, 0.15) is 0 Å². The second-order valence-electron chi connectivity index (χ2n) is 5.92. The summed E-state index contributed by atoms with van der Waals surface area (Å²) in [6.45, 7) is 6.52. The molecule has 1 aromatic heterocycles. The fraction of sp³-hybridized carbons (Fsp3) is 0.421. The number of fused-ring (bicyclic) bond motifs is 1. The standard InChI is InChI=1S/C19H23BrN2/c1-3-15-12-19-18(21-17(15)4-2)6-5-11-22(19)13-14-7-9-16(20)10-8-14/h7-10,12H,3-6,11,13H2,1-2H3. The van der Waals surface area contributed by atoms with E-state index in [1.54, 1.807) is 0 Å². The Morgan fingerprint density at radius 1 is 1.14 bits per heavy atom. The minimum Gasteiger partial charge on any atom is -0.366 e. The molecule has 0 saturated carbocycles. The van der Waals surface area contributed by atoms with Crippen LogP contribution in [0.15, 0.2) is 34.8 Å². The minimum atomic E-state index is 0.969. The molecule has 1 aliphatic heterocycles. The fourth-order valence-corrected chi connectivity index (χ4v) is 3.49. The van der Waals surface area contributed by atoms with Gasteiger partial charge < -0.3 is 4.90 Å². The van der Waals surface area contributed by atoms with Gasteiger partial charge in [-0.25, -0.2) is 0 Å². The summed E-state index contributed by atoms with van der Waals surface area (Å²) in [5.74, 6) is 0. The van der Waals surface area contributed by atoms with Crippen LogP contribution < -0.4 is 4.90 Å². The van der Waals surface area contributed by atoms with Crippen molar-refractivity contribution in [3.8, 4) is 0 Å². The summed E-state index contributed by atoms with van der Waals surface area (Å²) in [4.78, 5) is 7.45. The molecule has 0 atom stereocenters. The average Bonchev–Trinajstić information content (AvgIpc) is 2.56. The van der Waals surface area contributed by atoms with Gasteiger partial charge in [0.2, 0.25) is 0 Å². The first-order chi connectivity index (χ1) is 10.7. The van der Waals surface area contributed by atoms with Gasteiger partial charge in [0.25, 0.3) is 0 Å². The summed E-state index contributed by atoms with van der Waals surface area (Å²) >= 11 is 3.51. The molecule has 22 heavy (non-hydrogen) atoms. The zero-order valence-corrected chi connectivity index (χ0v) is 15.0. The van der Waals surface area contributed by atoms with Crippen LogP contribution in [0.25, 0.3) is 0 Å². The van der Waals surface area contributed by atoms with Crippen LogP contribution in [0.1, 0.15) is 42.8 Å². The quantitative estimate of drug-likeness (QED) is 0.770. The molecule has 0 unspecified atom stereocenters. The van der Waals surface area contributed by atoms with Gasteiger partial charge in [-0.3, -0.25) is 4.98 Å². The zero-order valence-electron chi connectivity index (χ0n) is 13.4. The molecule has 0 bridgehead atoms. The van der Waals surface area contributed by atoms with Gasteiger partial charge in [-0.15, -0.1) is 0 Å².